The highest BCUT2D eigenvalue weighted by Gasteiger charge is 2.48. The Morgan fingerprint density at radius 1 is 1.17 bits per heavy atom. The van der Waals surface area contributed by atoms with Gasteiger partial charge in [0.15, 0.2) is 0 Å². The molecule has 1 fully saturated rings. The van der Waals surface area contributed by atoms with E-state index in [0.717, 1.165) is 16.8 Å². The molecule has 6 rings (SSSR count). The molecule has 2 aromatic heterocycles. The lowest BCUT2D eigenvalue weighted by Crippen LogP contribution is -2.35. The lowest BCUT2D eigenvalue weighted by Gasteiger charge is -2.20. The number of pyridine rings is 1. The number of cyclic esters (lactones) is 1. The Bertz CT molecular complexity index is 1090. The number of carbonyl (C=O) groups excluding carboxylic acids is 1. The smallest absolute Gasteiger partial charge is 0.415 e. The molecule has 3 aromatic rings. The molecule has 0 saturated carbocycles. The molecule has 0 aliphatic carbocycles. The van der Waals surface area contributed by atoms with Crippen molar-refractivity contribution < 1.29 is 13.9 Å². The number of rotatable bonds is 3. The average molecular weight is 392 g/mol. The fourth-order valence-electron chi connectivity index (χ4n) is 4.56. The van der Waals surface area contributed by atoms with Gasteiger partial charge < -0.3 is 9.64 Å². The predicted molar refractivity (Wildman–Crippen MR) is 101 cm³/mol. The molecule has 0 N–H and O–H groups in total. The molecule has 29 heavy (non-hydrogen) atoms. The van der Waals surface area contributed by atoms with Gasteiger partial charge in [-0.05, 0) is 29.7 Å². The zero-order chi connectivity index (χ0) is 19.5. The molecule has 1 aromatic carbocycles. The van der Waals surface area contributed by atoms with E-state index in [2.05, 4.69) is 15.3 Å². The molecule has 0 spiro atoms. The van der Waals surface area contributed by atoms with E-state index in [4.69, 9.17) is 4.74 Å². The molecule has 5 heterocycles. The van der Waals surface area contributed by atoms with Crippen LogP contribution in [0.5, 0.6) is 0 Å². The highest BCUT2D eigenvalue weighted by molar-refractivity contribution is 5.94. The molecule has 3 aliphatic heterocycles. The maximum absolute atomic E-state index is 15.0. The van der Waals surface area contributed by atoms with Crippen LogP contribution in [0.4, 0.5) is 20.6 Å². The molecule has 9 heteroatoms. The highest BCUT2D eigenvalue weighted by atomic mass is 19.1. The van der Waals surface area contributed by atoms with Crippen molar-refractivity contribution >= 4 is 17.5 Å². The SMILES string of the molecule is O=C1O[C@@H](Cn2ccnn2)[C@@H]2Cc3cc(N4Cc5cccnc5C4)c(F)cc3N12. The van der Waals surface area contributed by atoms with E-state index >= 15 is 4.39 Å². The van der Waals surface area contributed by atoms with Gasteiger partial charge in [-0.25, -0.2) is 13.9 Å². The summed E-state index contributed by atoms with van der Waals surface area (Å²) in [5, 5.41) is 7.74. The monoisotopic (exact) mass is 392 g/mol. The number of benzene rings is 1. The first-order chi connectivity index (χ1) is 14.2. The first-order valence-electron chi connectivity index (χ1n) is 9.51. The fourth-order valence-corrected chi connectivity index (χ4v) is 4.56. The summed E-state index contributed by atoms with van der Waals surface area (Å²) >= 11 is 0. The third-order valence-corrected chi connectivity index (χ3v) is 5.91. The van der Waals surface area contributed by atoms with Gasteiger partial charge in [0.25, 0.3) is 0 Å². The second-order valence-corrected chi connectivity index (χ2v) is 7.59. The number of ether oxygens (including phenoxy) is 1. The van der Waals surface area contributed by atoms with Crippen LogP contribution < -0.4 is 9.80 Å². The van der Waals surface area contributed by atoms with Gasteiger partial charge in [0.2, 0.25) is 0 Å². The van der Waals surface area contributed by atoms with E-state index in [1.54, 1.807) is 28.2 Å². The van der Waals surface area contributed by atoms with E-state index in [-0.39, 0.29) is 18.0 Å². The van der Waals surface area contributed by atoms with Crippen molar-refractivity contribution in [2.24, 2.45) is 0 Å². The van der Waals surface area contributed by atoms with Gasteiger partial charge in [-0.15, -0.1) is 5.10 Å². The van der Waals surface area contributed by atoms with Gasteiger partial charge in [0.1, 0.15) is 11.9 Å². The summed E-state index contributed by atoms with van der Waals surface area (Å²) in [7, 11) is 0. The molecule has 0 radical (unpaired) electrons. The summed E-state index contributed by atoms with van der Waals surface area (Å²) < 4.78 is 22.2. The molecule has 0 unspecified atom stereocenters. The van der Waals surface area contributed by atoms with E-state index in [9.17, 15) is 4.79 Å². The van der Waals surface area contributed by atoms with Crippen molar-refractivity contribution in [1.82, 2.24) is 20.0 Å². The number of hydrogen-bond donors (Lipinski definition) is 0. The Morgan fingerprint density at radius 2 is 2.10 bits per heavy atom. The van der Waals surface area contributed by atoms with E-state index in [1.165, 1.54) is 6.07 Å². The standard InChI is InChI=1S/C20H17FN6O2/c21-14-8-16-13(6-17(14)25-9-12-2-1-3-22-15(12)10-25)7-18-19(29-20(28)27(16)18)11-26-5-4-23-24-26/h1-6,8,18-19H,7,9-11H2/t18-,19-/m0/s1. The van der Waals surface area contributed by atoms with Crippen LogP contribution >= 0.6 is 0 Å². The summed E-state index contributed by atoms with van der Waals surface area (Å²) in [4.78, 5) is 20.4. The number of halogens is 1. The van der Waals surface area contributed by atoms with Crippen LogP contribution in [0, 0.1) is 5.82 Å². The quantitative estimate of drug-likeness (QED) is 0.681. The fraction of sp³-hybridized carbons (Fsp3) is 0.300. The third-order valence-electron chi connectivity index (χ3n) is 5.91. The third kappa shape index (κ3) is 2.50. The highest BCUT2D eigenvalue weighted by Crippen LogP contribution is 2.42. The van der Waals surface area contributed by atoms with Crippen molar-refractivity contribution in [3.8, 4) is 0 Å². The molecule has 8 nitrogen and oxygen atoms in total. The van der Waals surface area contributed by atoms with Crippen molar-refractivity contribution in [3.05, 3.63) is 65.5 Å². The number of amides is 1. The zero-order valence-electron chi connectivity index (χ0n) is 15.4. The van der Waals surface area contributed by atoms with Crippen molar-refractivity contribution in [3.63, 3.8) is 0 Å². The molecule has 3 aliphatic rings. The number of carbonyl (C=O) groups is 1. The molecule has 0 bridgehead atoms. The first kappa shape index (κ1) is 16.5. The summed E-state index contributed by atoms with van der Waals surface area (Å²) in [5.74, 6) is -0.343. The largest absolute Gasteiger partial charge is 0.442 e. The molecule has 1 amide bonds. The Kier molecular flexibility index (Phi) is 3.41. The summed E-state index contributed by atoms with van der Waals surface area (Å²) in [6.45, 7) is 1.63. The first-order valence-corrected chi connectivity index (χ1v) is 9.51. The van der Waals surface area contributed by atoms with E-state index < -0.39 is 6.09 Å². The predicted octanol–water partition coefficient (Wildman–Crippen LogP) is 2.28. The minimum Gasteiger partial charge on any atom is -0.442 e. The number of nitrogens with zero attached hydrogens (tertiary/aromatic N) is 6. The number of aromatic nitrogens is 4. The lowest BCUT2D eigenvalue weighted by atomic mass is 10.0. The molecular weight excluding hydrogens is 375 g/mol. The van der Waals surface area contributed by atoms with Crippen LogP contribution in [0.1, 0.15) is 16.8 Å². The molecular formula is C20H17FN6O2. The Balaban J connectivity index is 1.30. The van der Waals surface area contributed by atoms with E-state index in [1.807, 2.05) is 23.1 Å². The second kappa shape index (κ2) is 6.00. The molecule has 1 saturated heterocycles. The topological polar surface area (TPSA) is 76.4 Å². The maximum Gasteiger partial charge on any atom is 0.415 e. The van der Waals surface area contributed by atoms with Crippen molar-refractivity contribution in [2.75, 3.05) is 9.80 Å². The minimum atomic E-state index is -0.441. The van der Waals surface area contributed by atoms with Gasteiger partial charge in [0.05, 0.1) is 42.4 Å². The van der Waals surface area contributed by atoms with Gasteiger partial charge in [-0.1, -0.05) is 11.3 Å². The second-order valence-electron chi connectivity index (χ2n) is 7.59. The number of fused-ring (bicyclic) bond motifs is 4. The molecule has 146 valence electrons. The lowest BCUT2D eigenvalue weighted by molar-refractivity contribution is 0.117. The van der Waals surface area contributed by atoms with Gasteiger partial charge >= 0.3 is 6.09 Å². The van der Waals surface area contributed by atoms with Crippen molar-refractivity contribution in [1.29, 1.82) is 0 Å². The van der Waals surface area contributed by atoms with Crippen LogP contribution in [0.25, 0.3) is 0 Å². The van der Waals surface area contributed by atoms with Gasteiger partial charge in [0, 0.05) is 25.0 Å². The summed E-state index contributed by atoms with van der Waals surface area (Å²) in [6, 6.07) is 7.08. The number of hydrogen-bond acceptors (Lipinski definition) is 6. The number of anilines is 2. The van der Waals surface area contributed by atoms with Crippen LogP contribution in [0.3, 0.4) is 0 Å². The Hall–Kier alpha value is -3.49. The van der Waals surface area contributed by atoms with Crippen LogP contribution in [0.2, 0.25) is 0 Å². The van der Waals surface area contributed by atoms with Crippen LogP contribution in [0.15, 0.2) is 42.9 Å². The van der Waals surface area contributed by atoms with Gasteiger partial charge in [-0.2, -0.15) is 0 Å². The van der Waals surface area contributed by atoms with Crippen LogP contribution in [-0.2, 0) is 30.8 Å². The average Bonchev–Trinajstić information content (AvgIpc) is 3.47. The van der Waals surface area contributed by atoms with Crippen molar-refractivity contribution in [2.45, 2.75) is 38.2 Å². The zero-order valence-corrected chi connectivity index (χ0v) is 15.4. The summed E-state index contributed by atoms with van der Waals surface area (Å²) in [6.07, 6.45) is 4.90. The molecule has 2 atom stereocenters. The van der Waals surface area contributed by atoms with Crippen LogP contribution in [-0.4, -0.2) is 38.2 Å². The normalized spacial score (nSPS) is 21.9. The Labute approximate surface area is 165 Å². The van der Waals surface area contributed by atoms with E-state index in [0.29, 0.717) is 37.4 Å². The maximum atomic E-state index is 15.0. The Morgan fingerprint density at radius 3 is 2.93 bits per heavy atom. The minimum absolute atomic E-state index is 0.172. The van der Waals surface area contributed by atoms with Gasteiger partial charge in [-0.3, -0.25) is 9.88 Å². The summed E-state index contributed by atoms with van der Waals surface area (Å²) in [5.41, 5.74) is 4.19.